The van der Waals surface area contributed by atoms with E-state index in [1.165, 1.54) is 12.3 Å². The number of benzene rings is 1. The number of rotatable bonds is 5. The molecular formula is C11H12FN3O3S. The summed E-state index contributed by atoms with van der Waals surface area (Å²) < 4.78 is 39.5. The highest BCUT2D eigenvalue weighted by Crippen LogP contribution is 2.17. The van der Waals surface area contributed by atoms with Gasteiger partial charge in [-0.2, -0.15) is 5.10 Å². The maximum Gasteiger partial charge on any atom is 0.241 e. The van der Waals surface area contributed by atoms with Crippen LogP contribution in [-0.2, 0) is 23.2 Å². The maximum atomic E-state index is 13.1. The van der Waals surface area contributed by atoms with Crippen molar-refractivity contribution in [2.24, 2.45) is 0 Å². The van der Waals surface area contributed by atoms with Crippen molar-refractivity contribution >= 4 is 10.0 Å². The Morgan fingerprint density at radius 1 is 1.42 bits per heavy atom. The molecule has 0 fully saturated rings. The normalized spacial score (nSPS) is 11.7. The third-order valence-corrected chi connectivity index (χ3v) is 3.99. The van der Waals surface area contributed by atoms with E-state index in [0.717, 1.165) is 12.1 Å². The van der Waals surface area contributed by atoms with Crippen LogP contribution in [0, 0.1) is 5.82 Å². The summed E-state index contributed by atoms with van der Waals surface area (Å²) in [4.78, 5) is -0.265. The Kier molecular flexibility index (Phi) is 3.93. The van der Waals surface area contributed by atoms with Crippen molar-refractivity contribution in [1.29, 1.82) is 0 Å². The number of nitrogens with zero attached hydrogens (tertiary/aromatic N) is 1. The van der Waals surface area contributed by atoms with Crippen molar-refractivity contribution in [2.75, 3.05) is 0 Å². The lowest BCUT2D eigenvalue weighted by molar-refractivity contribution is 0.278. The summed E-state index contributed by atoms with van der Waals surface area (Å²) in [6, 6.07) is 3.21. The molecule has 1 aromatic heterocycles. The van der Waals surface area contributed by atoms with Crippen molar-refractivity contribution in [2.45, 2.75) is 18.0 Å². The number of aromatic amines is 1. The van der Waals surface area contributed by atoms with Crippen LogP contribution in [-0.4, -0.2) is 23.7 Å². The molecule has 1 aromatic carbocycles. The number of aliphatic hydroxyl groups is 1. The van der Waals surface area contributed by atoms with Crippen molar-refractivity contribution < 1.29 is 17.9 Å². The number of aliphatic hydroxyl groups excluding tert-OH is 1. The fraction of sp³-hybridized carbons (Fsp3) is 0.182. The minimum Gasteiger partial charge on any atom is -0.392 e. The first-order valence-electron chi connectivity index (χ1n) is 5.39. The maximum absolute atomic E-state index is 13.1. The van der Waals surface area contributed by atoms with Gasteiger partial charge in [0.1, 0.15) is 5.82 Å². The fourth-order valence-electron chi connectivity index (χ4n) is 1.54. The molecule has 1 heterocycles. The Morgan fingerprint density at radius 2 is 2.21 bits per heavy atom. The van der Waals surface area contributed by atoms with Crippen molar-refractivity contribution in [3.05, 3.63) is 47.5 Å². The Hall–Kier alpha value is -1.77. The molecule has 0 radical (unpaired) electrons. The Balaban J connectivity index is 2.26. The standard InChI is InChI=1S/C11H12FN3O3S/c12-10-2-1-9(7-16)11(3-10)19(17,18)15-6-8-4-13-14-5-8/h1-5,15-16H,6-7H2,(H,13,14). The first-order valence-corrected chi connectivity index (χ1v) is 6.88. The Labute approximate surface area is 109 Å². The molecule has 0 spiro atoms. The van der Waals surface area contributed by atoms with Gasteiger partial charge in [0.15, 0.2) is 0 Å². The molecule has 2 rings (SSSR count). The van der Waals surface area contributed by atoms with Gasteiger partial charge < -0.3 is 5.11 Å². The van der Waals surface area contributed by atoms with E-state index < -0.39 is 22.4 Å². The number of hydrogen-bond donors (Lipinski definition) is 3. The van der Waals surface area contributed by atoms with Crippen LogP contribution in [0.5, 0.6) is 0 Å². The van der Waals surface area contributed by atoms with E-state index in [2.05, 4.69) is 14.9 Å². The van der Waals surface area contributed by atoms with Crippen LogP contribution in [0.25, 0.3) is 0 Å². The molecule has 0 amide bonds. The highest BCUT2D eigenvalue weighted by Gasteiger charge is 2.19. The predicted molar refractivity (Wildman–Crippen MR) is 64.9 cm³/mol. The van der Waals surface area contributed by atoms with Crippen LogP contribution < -0.4 is 4.72 Å². The minimum absolute atomic E-state index is 0.0280. The molecule has 3 N–H and O–H groups in total. The molecule has 0 unspecified atom stereocenters. The zero-order valence-corrected chi connectivity index (χ0v) is 10.6. The average Bonchev–Trinajstić information content (AvgIpc) is 2.89. The molecule has 0 aliphatic heterocycles. The van der Waals surface area contributed by atoms with E-state index in [1.807, 2.05) is 0 Å². The molecule has 0 aliphatic rings. The SMILES string of the molecule is O=S(=O)(NCc1cn[nH]c1)c1cc(F)ccc1CO. The van der Waals surface area contributed by atoms with Crippen LogP contribution in [0.4, 0.5) is 4.39 Å². The monoisotopic (exact) mass is 285 g/mol. The van der Waals surface area contributed by atoms with E-state index in [9.17, 15) is 12.8 Å². The molecular weight excluding hydrogens is 273 g/mol. The number of hydrogen-bond acceptors (Lipinski definition) is 4. The Morgan fingerprint density at radius 3 is 2.84 bits per heavy atom. The van der Waals surface area contributed by atoms with Crippen LogP contribution in [0.15, 0.2) is 35.5 Å². The van der Waals surface area contributed by atoms with Gasteiger partial charge >= 0.3 is 0 Å². The lowest BCUT2D eigenvalue weighted by Crippen LogP contribution is -2.24. The Bertz CT molecular complexity index is 656. The fourth-order valence-corrected chi connectivity index (χ4v) is 2.80. The van der Waals surface area contributed by atoms with Crippen LogP contribution in [0.2, 0.25) is 0 Å². The quantitative estimate of drug-likeness (QED) is 0.746. The molecule has 0 saturated heterocycles. The first kappa shape index (κ1) is 13.7. The zero-order chi connectivity index (χ0) is 13.9. The average molecular weight is 285 g/mol. The second-order valence-electron chi connectivity index (χ2n) is 3.84. The van der Waals surface area contributed by atoms with Gasteiger partial charge in [0.2, 0.25) is 10.0 Å². The van der Waals surface area contributed by atoms with Gasteiger partial charge in [0.05, 0.1) is 17.7 Å². The van der Waals surface area contributed by atoms with Gasteiger partial charge in [-0.05, 0) is 17.7 Å². The van der Waals surface area contributed by atoms with Crippen LogP contribution >= 0.6 is 0 Å². The number of nitrogens with one attached hydrogen (secondary N) is 2. The van der Waals surface area contributed by atoms with E-state index in [4.69, 9.17) is 5.11 Å². The first-order chi connectivity index (χ1) is 9.03. The van der Waals surface area contributed by atoms with Gasteiger partial charge in [-0.15, -0.1) is 0 Å². The smallest absolute Gasteiger partial charge is 0.241 e. The molecule has 0 saturated carbocycles. The second kappa shape index (κ2) is 5.47. The molecule has 0 atom stereocenters. The molecule has 2 aromatic rings. The number of H-pyrrole nitrogens is 1. The molecule has 102 valence electrons. The summed E-state index contributed by atoms with van der Waals surface area (Å²) in [6.07, 6.45) is 3.02. The summed E-state index contributed by atoms with van der Waals surface area (Å²) in [5.41, 5.74) is 0.784. The van der Waals surface area contributed by atoms with Crippen LogP contribution in [0.3, 0.4) is 0 Å². The van der Waals surface area contributed by atoms with E-state index in [0.29, 0.717) is 5.56 Å². The third-order valence-electron chi connectivity index (χ3n) is 2.51. The van der Waals surface area contributed by atoms with Crippen molar-refractivity contribution in [1.82, 2.24) is 14.9 Å². The lowest BCUT2D eigenvalue weighted by Gasteiger charge is -2.09. The van der Waals surface area contributed by atoms with E-state index in [1.54, 1.807) is 6.20 Å². The van der Waals surface area contributed by atoms with E-state index >= 15 is 0 Å². The van der Waals surface area contributed by atoms with Gasteiger partial charge in [0, 0.05) is 18.3 Å². The highest BCUT2D eigenvalue weighted by molar-refractivity contribution is 7.89. The lowest BCUT2D eigenvalue weighted by atomic mass is 10.2. The molecule has 0 bridgehead atoms. The van der Waals surface area contributed by atoms with Gasteiger partial charge in [-0.3, -0.25) is 5.10 Å². The molecule has 6 nitrogen and oxygen atoms in total. The van der Waals surface area contributed by atoms with E-state index in [-0.39, 0.29) is 17.0 Å². The second-order valence-corrected chi connectivity index (χ2v) is 5.58. The van der Waals surface area contributed by atoms with Crippen molar-refractivity contribution in [3.63, 3.8) is 0 Å². The summed E-state index contributed by atoms with van der Waals surface area (Å²) in [5, 5.41) is 15.3. The topological polar surface area (TPSA) is 95.1 Å². The largest absolute Gasteiger partial charge is 0.392 e. The number of sulfonamides is 1. The zero-order valence-electron chi connectivity index (χ0n) is 9.80. The summed E-state index contributed by atoms with van der Waals surface area (Å²) in [5.74, 6) is -0.680. The summed E-state index contributed by atoms with van der Waals surface area (Å²) >= 11 is 0. The van der Waals surface area contributed by atoms with Gasteiger partial charge in [0.25, 0.3) is 0 Å². The molecule has 19 heavy (non-hydrogen) atoms. The third kappa shape index (κ3) is 3.16. The molecule has 8 heteroatoms. The summed E-state index contributed by atoms with van der Waals surface area (Å²) in [6.45, 7) is -0.456. The van der Waals surface area contributed by atoms with Crippen molar-refractivity contribution in [3.8, 4) is 0 Å². The van der Waals surface area contributed by atoms with Gasteiger partial charge in [-0.25, -0.2) is 17.5 Å². The molecule has 0 aliphatic carbocycles. The summed E-state index contributed by atoms with van der Waals surface area (Å²) in [7, 11) is -3.89. The van der Waals surface area contributed by atoms with Crippen LogP contribution in [0.1, 0.15) is 11.1 Å². The minimum atomic E-state index is -3.89. The predicted octanol–water partition coefficient (Wildman–Crippen LogP) is 0.520. The van der Waals surface area contributed by atoms with Gasteiger partial charge in [-0.1, -0.05) is 6.07 Å². The number of aromatic nitrogens is 2. The highest BCUT2D eigenvalue weighted by atomic mass is 32.2. The number of halogens is 1.